The summed E-state index contributed by atoms with van der Waals surface area (Å²) in [7, 11) is 0. The summed E-state index contributed by atoms with van der Waals surface area (Å²) in [4.78, 5) is 11.8. The Kier molecular flexibility index (Phi) is 2.88. The maximum Gasteiger partial charge on any atom is 0.108 e. The number of pyridine rings is 1. The summed E-state index contributed by atoms with van der Waals surface area (Å²) in [6.45, 7) is 1.14. The van der Waals surface area contributed by atoms with E-state index >= 15 is 0 Å². The average Bonchev–Trinajstić information content (AvgIpc) is 3.02. The molecular formula is C13H16N4. The molecule has 17 heavy (non-hydrogen) atoms. The number of nitrogens with zero attached hydrogens (tertiary/aromatic N) is 2. The minimum absolute atomic E-state index is 0.589. The molecule has 1 aliphatic heterocycles. The number of aromatic nitrogens is 3. The molecule has 0 radical (unpaired) electrons. The molecule has 1 saturated heterocycles. The molecule has 88 valence electrons. The van der Waals surface area contributed by atoms with E-state index in [9.17, 15) is 0 Å². The van der Waals surface area contributed by atoms with Gasteiger partial charge in [-0.15, -0.1) is 0 Å². The van der Waals surface area contributed by atoms with Gasteiger partial charge in [-0.05, 0) is 31.5 Å². The lowest BCUT2D eigenvalue weighted by Gasteiger charge is -2.06. The quantitative estimate of drug-likeness (QED) is 0.841. The monoisotopic (exact) mass is 228 g/mol. The Hall–Kier alpha value is -1.68. The fourth-order valence-corrected chi connectivity index (χ4v) is 2.31. The number of aromatic amines is 1. The minimum atomic E-state index is 0.589. The lowest BCUT2D eigenvalue weighted by molar-refractivity contribution is 0.589. The molecule has 3 heterocycles. The Morgan fingerprint density at radius 1 is 1.29 bits per heavy atom. The van der Waals surface area contributed by atoms with E-state index in [1.165, 1.54) is 12.8 Å². The molecule has 0 bridgehead atoms. The van der Waals surface area contributed by atoms with Gasteiger partial charge in [0.1, 0.15) is 5.82 Å². The van der Waals surface area contributed by atoms with E-state index in [0.29, 0.717) is 6.04 Å². The highest BCUT2D eigenvalue weighted by molar-refractivity contribution is 5.57. The van der Waals surface area contributed by atoms with E-state index in [1.807, 2.05) is 18.3 Å². The molecule has 3 rings (SSSR count). The highest BCUT2D eigenvalue weighted by atomic mass is 15.0. The molecule has 1 atom stereocenters. The number of H-pyrrole nitrogens is 1. The van der Waals surface area contributed by atoms with Gasteiger partial charge in [0.05, 0.1) is 11.9 Å². The van der Waals surface area contributed by atoms with Crippen molar-refractivity contribution in [2.24, 2.45) is 0 Å². The third kappa shape index (κ3) is 2.36. The molecule has 1 unspecified atom stereocenters. The van der Waals surface area contributed by atoms with Crippen molar-refractivity contribution in [1.82, 2.24) is 20.3 Å². The van der Waals surface area contributed by atoms with Gasteiger partial charge in [-0.25, -0.2) is 4.98 Å². The molecule has 0 aliphatic carbocycles. The van der Waals surface area contributed by atoms with Gasteiger partial charge < -0.3 is 10.3 Å². The van der Waals surface area contributed by atoms with Gasteiger partial charge in [-0.2, -0.15) is 0 Å². The summed E-state index contributed by atoms with van der Waals surface area (Å²) in [6.07, 6.45) is 9.03. The molecule has 0 aromatic carbocycles. The van der Waals surface area contributed by atoms with Gasteiger partial charge in [0.15, 0.2) is 0 Å². The average molecular weight is 228 g/mol. The van der Waals surface area contributed by atoms with Crippen molar-refractivity contribution in [3.8, 4) is 11.3 Å². The summed E-state index contributed by atoms with van der Waals surface area (Å²) < 4.78 is 0. The zero-order valence-electron chi connectivity index (χ0n) is 9.69. The van der Waals surface area contributed by atoms with E-state index in [-0.39, 0.29) is 0 Å². The predicted octanol–water partition coefficient (Wildman–Crippen LogP) is 1.77. The van der Waals surface area contributed by atoms with Crippen LogP contribution in [0.25, 0.3) is 11.3 Å². The van der Waals surface area contributed by atoms with Crippen molar-refractivity contribution >= 4 is 0 Å². The number of nitrogens with one attached hydrogen (secondary N) is 2. The van der Waals surface area contributed by atoms with E-state index in [2.05, 4.69) is 20.3 Å². The van der Waals surface area contributed by atoms with Crippen LogP contribution in [0.15, 0.2) is 30.7 Å². The van der Waals surface area contributed by atoms with Gasteiger partial charge >= 0.3 is 0 Å². The fraction of sp³-hybridized carbons (Fsp3) is 0.385. The summed E-state index contributed by atoms with van der Waals surface area (Å²) in [6, 6.07) is 4.57. The molecule has 2 aromatic rings. The maximum atomic E-state index is 4.44. The number of rotatable bonds is 3. The van der Waals surface area contributed by atoms with Crippen LogP contribution in [0.4, 0.5) is 0 Å². The fourth-order valence-electron chi connectivity index (χ4n) is 2.31. The number of hydrogen-bond donors (Lipinski definition) is 2. The smallest absolute Gasteiger partial charge is 0.108 e. The van der Waals surface area contributed by atoms with Crippen LogP contribution >= 0.6 is 0 Å². The van der Waals surface area contributed by atoms with Crippen LogP contribution in [-0.2, 0) is 6.42 Å². The second kappa shape index (κ2) is 4.67. The van der Waals surface area contributed by atoms with Crippen LogP contribution in [0.3, 0.4) is 0 Å². The predicted molar refractivity (Wildman–Crippen MR) is 66.5 cm³/mol. The van der Waals surface area contributed by atoms with Crippen molar-refractivity contribution in [3.05, 3.63) is 36.5 Å². The first-order chi connectivity index (χ1) is 8.42. The Bertz CT molecular complexity index is 471. The van der Waals surface area contributed by atoms with E-state index in [0.717, 1.165) is 30.0 Å². The van der Waals surface area contributed by atoms with Crippen molar-refractivity contribution in [2.45, 2.75) is 25.3 Å². The summed E-state index contributed by atoms with van der Waals surface area (Å²) in [5, 5.41) is 3.48. The largest absolute Gasteiger partial charge is 0.342 e. The zero-order chi connectivity index (χ0) is 11.5. The van der Waals surface area contributed by atoms with Crippen LogP contribution in [-0.4, -0.2) is 27.5 Å². The summed E-state index contributed by atoms with van der Waals surface area (Å²) in [5.41, 5.74) is 2.21. The molecule has 4 nitrogen and oxygen atoms in total. The van der Waals surface area contributed by atoms with E-state index < -0.39 is 0 Å². The normalized spacial score (nSPS) is 19.6. The van der Waals surface area contributed by atoms with Crippen LogP contribution < -0.4 is 5.32 Å². The second-order valence-electron chi connectivity index (χ2n) is 4.48. The Morgan fingerprint density at radius 3 is 2.94 bits per heavy atom. The lowest BCUT2D eigenvalue weighted by atomic mass is 10.1. The molecule has 2 aromatic heterocycles. The minimum Gasteiger partial charge on any atom is -0.342 e. The Balaban J connectivity index is 1.74. The molecule has 4 heteroatoms. The first kappa shape index (κ1) is 10.5. The summed E-state index contributed by atoms with van der Waals surface area (Å²) in [5.74, 6) is 1.07. The molecule has 0 amide bonds. The standard InChI is InChI=1S/C13H16N4/c1-2-11(15-5-1)8-13-16-9-12(17-13)10-3-6-14-7-4-10/h3-4,6-7,9,11,15H,1-2,5,8H2,(H,16,17). The highest BCUT2D eigenvalue weighted by Gasteiger charge is 2.15. The molecule has 0 spiro atoms. The van der Waals surface area contributed by atoms with E-state index in [1.54, 1.807) is 12.4 Å². The van der Waals surface area contributed by atoms with Crippen LogP contribution in [0.1, 0.15) is 18.7 Å². The molecule has 1 aliphatic rings. The maximum absolute atomic E-state index is 4.44. The van der Waals surface area contributed by atoms with Crippen molar-refractivity contribution in [1.29, 1.82) is 0 Å². The van der Waals surface area contributed by atoms with Gasteiger partial charge in [0.2, 0.25) is 0 Å². The van der Waals surface area contributed by atoms with Crippen molar-refractivity contribution in [2.75, 3.05) is 6.54 Å². The van der Waals surface area contributed by atoms with Gasteiger partial charge in [-0.3, -0.25) is 4.98 Å². The van der Waals surface area contributed by atoms with Gasteiger partial charge in [0.25, 0.3) is 0 Å². The molecule has 0 saturated carbocycles. The topological polar surface area (TPSA) is 53.6 Å². The van der Waals surface area contributed by atoms with Crippen molar-refractivity contribution in [3.63, 3.8) is 0 Å². The molecular weight excluding hydrogens is 212 g/mol. The highest BCUT2D eigenvalue weighted by Crippen LogP contribution is 2.17. The van der Waals surface area contributed by atoms with Crippen LogP contribution in [0, 0.1) is 0 Å². The Morgan fingerprint density at radius 2 is 2.18 bits per heavy atom. The first-order valence-electron chi connectivity index (χ1n) is 6.09. The number of hydrogen-bond acceptors (Lipinski definition) is 3. The third-order valence-electron chi connectivity index (χ3n) is 3.22. The second-order valence-corrected chi connectivity index (χ2v) is 4.48. The van der Waals surface area contributed by atoms with Gasteiger partial charge in [-0.1, -0.05) is 0 Å². The number of imidazole rings is 1. The van der Waals surface area contributed by atoms with Crippen LogP contribution in [0.5, 0.6) is 0 Å². The summed E-state index contributed by atoms with van der Waals surface area (Å²) >= 11 is 0. The third-order valence-corrected chi connectivity index (χ3v) is 3.22. The first-order valence-corrected chi connectivity index (χ1v) is 6.09. The molecule has 2 N–H and O–H groups in total. The van der Waals surface area contributed by atoms with Gasteiger partial charge in [0, 0.05) is 30.4 Å². The lowest BCUT2D eigenvalue weighted by Crippen LogP contribution is -2.24. The van der Waals surface area contributed by atoms with Crippen molar-refractivity contribution < 1.29 is 0 Å². The van der Waals surface area contributed by atoms with Crippen LogP contribution in [0.2, 0.25) is 0 Å². The SMILES string of the molecule is c1cc(-c2cnc(CC3CCCN3)[nH]2)ccn1. The molecule has 1 fully saturated rings. The Labute approximate surface area is 101 Å². The van der Waals surface area contributed by atoms with E-state index in [4.69, 9.17) is 0 Å². The zero-order valence-corrected chi connectivity index (χ0v) is 9.69.